The molecule has 1 aliphatic carbocycles. The third-order valence-corrected chi connectivity index (χ3v) is 5.20. The van der Waals surface area contributed by atoms with E-state index in [4.69, 9.17) is 4.74 Å². The van der Waals surface area contributed by atoms with Crippen molar-refractivity contribution < 1.29 is 4.74 Å². The predicted molar refractivity (Wildman–Crippen MR) is 87.9 cm³/mol. The fourth-order valence-corrected chi connectivity index (χ4v) is 3.90. The molecule has 116 valence electrons. The zero-order valence-electron chi connectivity index (χ0n) is 13.6. The minimum absolute atomic E-state index is 0.116. The zero-order chi connectivity index (χ0) is 14.7. The highest BCUT2D eigenvalue weighted by Crippen LogP contribution is 2.47. The SMILES string of the molecule is CCCCNC1CC2(CCCC2)Oc2ccc(CC)cc21. The molecule has 0 amide bonds. The number of aryl methyl sites for hydroxylation is 1. The second-order valence-corrected chi connectivity index (χ2v) is 6.78. The molecule has 1 heterocycles. The van der Waals surface area contributed by atoms with Crippen LogP contribution in [0, 0.1) is 0 Å². The Hall–Kier alpha value is -1.02. The van der Waals surface area contributed by atoms with Crippen LogP contribution in [0.1, 0.15) is 76.0 Å². The summed E-state index contributed by atoms with van der Waals surface area (Å²) in [5.74, 6) is 1.13. The number of rotatable bonds is 5. The first-order chi connectivity index (χ1) is 10.3. The van der Waals surface area contributed by atoms with E-state index in [2.05, 4.69) is 37.4 Å². The van der Waals surface area contributed by atoms with Gasteiger partial charge in [0.05, 0.1) is 0 Å². The standard InChI is InChI=1S/C19H29NO/c1-3-5-12-20-17-14-19(10-6-7-11-19)21-18-9-8-15(4-2)13-16(17)18/h8-9,13,17,20H,3-7,10-12,14H2,1-2H3. The molecule has 1 aromatic rings. The fourth-order valence-electron chi connectivity index (χ4n) is 3.90. The molecule has 0 bridgehead atoms. The Labute approximate surface area is 129 Å². The highest BCUT2D eigenvalue weighted by Gasteiger charge is 2.42. The van der Waals surface area contributed by atoms with Gasteiger partial charge in [-0.15, -0.1) is 0 Å². The molecule has 0 saturated heterocycles. The Balaban J connectivity index is 1.86. The van der Waals surface area contributed by atoms with Gasteiger partial charge in [0, 0.05) is 18.0 Å². The van der Waals surface area contributed by atoms with Crippen molar-refractivity contribution in [2.45, 2.75) is 76.9 Å². The van der Waals surface area contributed by atoms with E-state index >= 15 is 0 Å². The summed E-state index contributed by atoms with van der Waals surface area (Å²) in [5.41, 5.74) is 2.93. The second-order valence-electron chi connectivity index (χ2n) is 6.78. The van der Waals surface area contributed by atoms with Gasteiger partial charge in [-0.1, -0.05) is 32.4 Å². The van der Waals surface area contributed by atoms with Crippen molar-refractivity contribution >= 4 is 0 Å². The predicted octanol–water partition coefficient (Wildman–Crippen LogP) is 4.78. The first-order valence-corrected chi connectivity index (χ1v) is 8.81. The van der Waals surface area contributed by atoms with Crippen molar-refractivity contribution in [1.82, 2.24) is 5.32 Å². The lowest BCUT2D eigenvalue weighted by molar-refractivity contribution is 0.0367. The summed E-state index contributed by atoms with van der Waals surface area (Å²) < 4.78 is 6.48. The third-order valence-electron chi connectivity index (χ3n) is 5.20. The topological polar surface area (TPSA) is 21.3 Å². The molecule has 1 fully saturated rings. The van der Waals surface area contributed by atoms with Crippen LogP contribution < -0.4 is 10.1 Å². The maximum Gasteiger partial charge on any atom is 0.124 e. The summed E-state index contributed by atoms with van der Waals surface area (Å²) in [4.78, 5) is 0. The highest BCUT2D eigenvalue weighted by atomic mass is 16.5. The van der Waals surface area contributed by atoms with Crippen molar-refractivity contribution in [3.8, 4) is 5.75 Å². The number of ether oxygens (including phenoxy) is 1. The molecule has 1 spiro atoms. The Kier molecular flexibility index (Phi) is 4.54. The maximum absolute atomic E-state index is 6.48. The van der Waals surface area contributed by atoms with Gasteiger partial charge in [0.25, 0.3) is 0 Å². The Morgan fingerprint density at radius 2 is 2.05 bits per heavy atom. The van der Waals surface area contributed by atoms with Crippen molar-refractivity contribution in [3.63, 3.8) is 0 Å². The van der Waals surface area contributed by atoms with Crippen LogP contribution in [0.25, 0.3) is 0 Å². The average molecular weight is 287 g/mol. The molecule has 1 aliphatic heterocycles. The molecule has 1 aromatic carbocycles. The Morgan fingerprint density at radius 1 is 1.24 bits per heavy atom. The van der Waals surface area contributed by atoms with Gasteiger partial charge in [-0.2, -0.15) is 0 Å². The second kappa shape index (κ2) is 6.39. The number of hydrogen-bond donors (Lipinski definition) is 1. The van der Waals surface area contributed by atoms with Crippen LogP contribution in [-0.4, -0.2) is 12.1 Å². The van der Waals surface area contributed by atoms with Gasteiger partial charge in [-0.05, 0) is 56.7 Å². The minimum atomic E-state index is 0.116. The number of benzene rings is 1. The number of nitrogens with one attached hydrogen (secondary N) is 1. The molecule has 1 saturated carbocycles. The lowest BCUT2D eigenvalue weighted by Gasteiger charge is -2.40. The number of hydrogen-bond acceptors (Lipinski definition) is 2. The molecule has 0 radical (unpaired) electrons. The molecular weight excluding hydrogens is 258 g/mol. The van der Waals surface area contributed by atoms with Crippen LogP contribution >= 0.6 is 0 Å². The van der Waals surface area contributed by atoms with Gasteiger partial charge in [-0.3, -0.25) is 0 Å². The van der Waals surface area contributed by atoms with E-state index in [1.807, 2.05) is 0 Å². The zero-order valence-corrected chi connectivity index (χ0v) is 13.6. The smallest absolute Gasteiger partial charge is 0.124 e. The van der Waals surface area contributed by atoms with E-state index in [9.17, 15) is 0 Å². The molecular formula is C19H29NO. The first-order valence-electron chi connectivity index (χ1n) is 8.81. The molecule has 1 N–H and O–H groups in total. The van der Waals surface area contributed by atoms with Crippen LogP contribution in [0.5, 0.6) is 5.75 Å². The monoisotopic (exact) mass is 287 g/mol. The van der Waals surface area contributed by atoms with Gasteiger partial charge in [-0.25, -0.2) is 0 Å². The average Bonchev–Trinajstić information content (AvgIpc) is 2.95. The van der Waals surface area contributed by atoms with Crippen molar-refractivity contribution in [2.24, 2.45) is 0 Å². The molecule has 2 nitrogen and oxygen atoms in total. The van der Waals surface area contributed by atoms with Gasteiger partial charge in [0.15, 0.2) is 0 Å². The van der Waals surface area contributed by atoms with Crippen LogP contribution in [0.4, 0.5) is 0 Å². The molecule has 1 atom stereocenters. The largest absolute Gasteiger partial charge is 0.487 e. The summed E-state index contributed by atoms with van der Waals surface area (Å²) in [6, 6.07) is 7.28. The van der Waals surface area contributed by atoms with Gasteiger partial charge in [0.2, 0.25) is 0 Å². The summed E-state index contributed by atoms with van der Waals surface area (Å²) in [7, 11) is 0. The van der Waals surface area contributed by atoms with E-state index in [-0.39, 0.29) is 5.60 Å². The lowest BCUT2D eigenvalue weighted by Crippen LogP contribution is -2.42. The Bertz CT molecular complexity index is 476. The summed E-state index contributed by atoms with van der Waals surface area (Å²) in [6.07, 6.45) is 9.86. The molecule has 3 rings (SSSR count). The van der Waals surface area contributed by atoms with Crippen LogP contribution in [-0.2, 0) is 6.42 Å². The number of fused-ring (bicyclic) bond motifs is 1. The van der Waals surface area contributed by atoms with E-state index < -0.39 is 0 Å². The van der Waals surface area contributed by atoms with Crippen LogP contribution in [0.15, 0.2) is 18.2 Å². The molecule has 2 aliphatic rings. The van der Waals surface area contributed by atoms with Gasteiger partial charge < -0.3 is 10.1 Å². The maximum atomic E-state index is 6.48. The van der Waals surface area contributed by atoms with Crippen molar-refractivity contribution in [3.05, 3.63) is 29.3 Å². The van der Waals surface area contributed by atoms with E-state index in [1.54, 1.807) is 0 Å². The first kappa shape index (κ1) is 14.9. The van der Waals surface area contributed by atoms with Crippen molar-refractivity contribution in [2.75, 3.05) is 6.54 Å². The van der Waals surface area contributed by atoms with Gasteiger partial charge >= 0.3 is 0 Å². The normalized spacial score (nSPS) is 23.0. The Morgan fingerprint density at radius 3 is 2.76 bits per heavy atom. The molecule has 21 heavy (non-hydrogen) atoms. The summed E-state index contributed by atoms with van der Waals surface area (Å²) in [6.45, 7) is 5.60. The fraction of sp³-hybridized carbons (Fsp3) is 0.684. The van der Waals surface area contributed by atoms with Crippen LogP contribution in [0.2, 0.25) is 0 Å². The minimum Gasteiger partial charge on any atom is -0.487 e. The lowest BCUT2D eigenvalue weighted by atomic mass is 9.85. The third kappa shape index (κ3) is 3.11. The van der Waals surface area contributed by atoms with Crippen LogP contribution in [0.3, 0.4) is 0 Å². The molecule has 2 heteroatoms. The molecule has 1 unspecified atom stereocenters. The summed E-state index contributed by atoms with van der Waals surface area (Å²) >= 11 is 0. The quantitative estimate of drug-likeness (QED) is 0.787. The van der Waals surface area contributed by atoms with Gasteiger partial charge in [0.1, 0.15) is 11.4 Å². The van der Waals surface area contributed by atoms with E-state index in [0.29, 0.717) is 6.04 Å². The highest BCUT2D eigenvalue weighted by molar-refractivity contribution is 5.42. The van der Waals surface area contributed by atoms with E-state index in [0.717, 1.165) is 25.1 Å². The van der Waals surface area contributed by atoms with Crippen molar-refractivity contribution in [1.29, 1.82) is 0 Å². The summed E-state index contributed by atoms with van der Waals surface area (Å²) in [5, 5.41) is 3.80. The molecule has 0 aromatic heterocycles. The van der Waals surface area contributed by atoms with E-state index in [1.165, 1.54) is 49.7 Å². The number of unbranched alkanes of at least 4 members (excludes halogenated alkanes) is 1.